The Morgan fingerprint density at radius 2 is 1.60 bits per heavy atom. The van der Waals surface area contributed by atoms with Crippen LogP contribution in [0.3, 0.4) is 0 Å². The monoisotopic (exact) mass is 293 g/mol. The molecule has 0 aliphatic rings. The molecule has 1 nitrogen and oxygen atoms in total. The molecule has 1 aromatic rings. The number of thiol groups is 1. The summed E-state index contributed by atoms with van der Waals surface area (Å²) in [4.78, 5) is 2.58. The fourth-order valence-corrected chi connectivity index (χ4v) is 3.56. The Morgan fingerprint density at radius 1 is 1.00 bits per heavy atom. The first-order chi connectivity index (χ1) is 9.69. The van der Waals surface area contributed by atoms with Gasteiger partial charge in [-0.3, -0.25) is 4.90 Å². The molecule has 0 aliphatic heterocycles. The largest absolute Gasteiger partial charge is 0.299 e. The van der Waals surface area contributed by atoms with Gasteiger partial charge in [0.15, 0.2) is 0 Å². The van der Waals surface area contributed by atoms with Gasteiger partial charge in [-0.25, -0.2) is 0 Å². The highest BCUT2D eigenvalue weighted by atomic mass is 32.1. The summed E-state index contributed by atoms with van der Waals surface area (Å²) in [5.74, 6) is 1.000. The summed E-state index contributed by atoms with van der Waals surface area (Å²) in [6.45, 7) is 10.2. The van der Waals surface area contributed by atoms with Crippen LogP contribution in [0.2, 0.25) is 0 Å². The van der Waals surface area contributed by atoms with Crippen LogP contribution in [-0.4, -0.2) is 23.7 Å². The van der Waals surface area contributed by atoms with E-state index in [0.717, 1.165) is 18.8 Å². The SMILES string of the molecule is CCCC(CS)(CCC)CN(CC)Cc1ccccc1. The first-order valence-electron chi connectivity index (χ1n) is 8.06. The van der Waals surface area contributed by atoms with E-state index < -0.39 is 0 Å². The maximum atomic E-state index is 4.68. The lowest BCUT2D eigenvalue weighted by Crippen LogP contribution is -2.39. The molecule has 0 heterocycles. The first kappa shape index (κ1) is 17.6. The highest BCUT2D eigenvalue weighted by molar-refractivity contribution is 7.80. The molecule has 0 unspecified atom stereocenters. The van der Waals surface area contributed by atoms with Crippen molar-refractivity contribution in [2.24, 2.45) is 5.41 Å². The minimum absolute atomic E-state index is 0.386. The maximum absolute atomic E-state index is 4.68. The maximum Gasteiger partial charge on any atom is 0.0233 e. The molecule has 0 spiro atoms. The Kier molecular flexibility index (Phi) is 8.32. The lowest BCUT2D eigenvalue weighted by atomic mass is 9.80. The van der Waals surface area contributed by atoms with Crippen LogP contribution in [0.5, 0.6) is 0 Å². The molecule has 1 aromatic carbocycles. The van der Waals surface area contributed by atoms with E-state index in [4.69, 9.17) is 0 Å². The van der Waals surface area contributed by atoms with Crippen molar-refractivity contribution in [3.8, 4) is 0 Å². The van der Waals surface area contributed by atoms with Gasteiger partial charge >= 0.3 is 0 Å². The van der Waals surface area contributed by atoms with Gasteiger partial charge in [-0.05, 0) is 36.1 Å². The van der Waals surface area contributed by atoms with Crippen LogP contribution in [0.15, 0.2) is 30.3 Å². The van der Waals surface area contributed by atoms with E-state index >= 15 is 0 Å². The summed E-state index contributed by atoms with van der Waals surface area (Å²) >= 11 is 4.68. The molecule has 1 rings (SSSR count). The van der Waals surface area contributed by atoms with Crippen LogP contribution >= 0.6 is 12.6 Å². The number of hydrogen-bond donors (Lipinski definition) is 1. The average molecular weight is 294 g/mol. The Labute approximate surface area is 131 Å². The van der Waals surface area contributed by atoms with Crippen molar-refractivity contribution in [2.45, 2.75) is 53.0 Å². The Morgan fingerprint density at radius 3 is 2.05 bits per heavy atom. The van der Waals surface area contributed by atoms with Crippen LogP contribution in [-0.2, 0) is 6.54 Å². The summed E-state index contributed by atoms with van der Waals surface area (Å²) < 4.78 is 0. The second-order valence-corrected chi connectivity index (χ2v) is 6.26. The van der Waals surface area contributed by atoms with Gasteiger partial charge < -0.3 is 0 Å². The molecule has 0 atom stereocenters. The molecule has 0 saturated heterocycles. The zero-order valence-electron chi connectivity index (χ0n) is 13.4. The topological polar surface area (TPSA) is 3.24 Å². The molecular weight excluding hydrogens is 262 g/mol. The molecule has 0 fully saturated rings. The summed E-state index contributed by atoms with van der Waals surface area (Å²) in [5.41, 5.74) is 1.80. The van der Waals surface area contributed by atoms with Crippen molar-refractivity contribution in [3.63, 3.8) is 0 Å². The van der Waals surface area contributed by atoms with Gasteiger partial charge in [0.25, 0.3) is 0 Å². The quantitative estimate of drug-likeness (QED) is 0.592. The zero-order valence-corrected chi connectivity index (χ0v) is 14.3. The van der Waals surface area contributed by atoms with Crippen LogP contribution < -0.4 is 0 Å². The molecule has 20 heavy (non-hydrogen) atoms. The number of hydrogen-bond acceptors (Lipinski definition) is 2. The fourth-order valence-electron chi connectivity index (χ4n) is 3.15. The average Bonchev–Trinajstić information content (AvgIpc) is 2.48. The smallest absolute Gasteiger partial charge is 0.0233 e. The van der Waals surface area contributed by atoms with Crippen LogP contribution in [0.25, 0.3) is 0 Å². The molecule has 0 bridgehead atoms. The van der Waals surface area contributed by atoms with Gasteiger partial charge in [-0.1, -0.05) is 63.9 Å². The van der Waals surface area contributed by atoms with Gasteiger partial charge in [0.1, 0.15) is 0 Å². The molecule has 0 N–H and O–H groups in total. The normalized spacial score (nSPS) is 12.1. The van der Waals surface area contributed by atoms with Gasteiger partial charge in [-0.2, -0.15) is 12.6 Å². The Hall–Kier alpha value is -0.470. The van der Waals surface area contributed by atoms with Gasteiger partial charge in [0, 0.05) is 13.1 Å². The minimum Gasteiger partial charge on any atom is -0.299 e. The first-order valence-corrected chi connectivity index (χ1v) is 8.70. The summed E-state index contributed by atoms with van der Waals surface area (Å²) in [6, 6.07) is 10.8. The molecule has 0 saturated carbocycles. The highest BCUT2D eigenvalue weighted by Crippen LogP contribution is 2.32. The number of benzene rings is 1. The van der Waals surface area contributed by atoms with E-state index in [1.165, 1.54) is 37.8 Å². The van der Waals surface area contributed by atoms with Crippen molar-refractivity contribution in [2.75, 3.05) is 18.8 Å². The molecule has 0 amide bonds. The second kappa shape index (κ2) is 9.46. The van der Waals surface area contributed by atoms with Crippen LogP contribution in [0.1, 0.15) is 52.0 Å². The lowest BCUT2D eigenvalue weighted by Gasteiger charge is -2.37. The summed E-state index contributed by atoms with van der Waals surface area (Å²) in [5, 5.41) is 0. The third kappa shape index (κ3) is 5.49. The standard InChI is InChI=1S/C18H31NS/c1-4-12-18(16-20,13-5-2)15-19(6-3)14-17-10-8-7-9-11-17/h7-11,20H,4-6,12-16H2,1-3H3. The predicted molar refractivity (Wildman–Crippen MR) is 93.5 cm³/mol. The lowest BCUT2D eigenvalue weighted by molar-refractivity contribution is 0.146. The summed E-state index contributed by atoms with van der Waals surface area (Å²) in [6.07, 6.45) is 5.08. The zero-order chi connectivity index (χ0) is 14.8. The van der Waals surface area contributed by atoms with Gasteiger partial charge in [0.2, 0.25) is 0 Å². The van der Waals surface area contributed by atoms with Crippen molar-refractivity contribution in [1.82, 2.24) is 4.90 Å². The van der Waals surface area contributed by atoms with Crippen molar-refractivity contribution in [3.05, 3.63) is 35.9 Å². The third-order valence-electron chi connectivity index (χ3n) is 4.15. The molecule has 0 radical (unpaired) electrons. The van der Waals surface area contributed by atoms with E-state index in [1.54, 1.807) is 0 Å². The van der Waals surface area contributed by atoms with Gasteiger partial charge in [-0.15, -0.1) is 0 Å². The molecular formula is C18H31NS. The van der Waals surface area contributed by atoms with Crippen LogP contribution in [0.4, 0.5) is 0 Å². The van der Waals surface area contributed by atoms with E-state index in [0.29, 0.717) is 5.41 Å². The number of nitrogens with zero attached hydrogens (tertiary/aromatic N) is 1. The van der Waals surface area contributed by atoms with E-state index in [1.807, 2.05) is 0 Å². The van der Waals surface area contributed by atoms with Crippen molar-refractivity contribution in [1.29, 1.82) is 0 Å². The molecule has 2 heteroatoms. The second-order valence-electron chi connectivity index (χ2n) is 5.95. The van der Waals surface area contributed by atoms with E-state index in [2.05, 4.69) is 68.6 Å². The molecule has 0 aromatic heterocycles. The summed E-state index contributed by atoms with van der Waals surface area (Å²) in [7, 11) is 0. The molecule has 114 valence electrons. The van der Waals surface area contributed by atoms with Gasteiger partial charge in [0.05, 0.1) is 0 Å². The Balaban J connectivity index is 2.72. The van der Waals surface area contributed by atoms with Crippen molar-refractivity contribution >= 4 is 12.6 Å². The fraction of sp³-hybridized carbons (Fsp3) is 0.667. The predicted octanol–water partition coefficient (Wildman–Crippen LogP) is 5.02. The van der Waals surface area contributed by atoms with E-state index in [9.17, 15) is 0 Å². The van der Waals surface area contributed by atoms with Crippen molar-refractivity contribution < 1.29 is 0 Å². The highest BCUT2D eigenvalue weighted by Gasteiger charge is 2.28. The Bertz CT molecular complexity index is 344. The third-order valence-corrected chi connectivity index (χ3v) is 4.82. The molecule has 0 aliphatic carbocycles. The number of rotatable bonds is 10. The minimum atomic E-state index is 0.386. The van der Waals surface area contributed by atoms with Crippen LogP contribution in [0, 0.1) is 5.41 Å². The van der Waals surface area contributed by atoms with E-state index in [-0.39, 0.29) is 0 Å².